The molecule has 0 aliphatic carbocycles. The molecule has 15 heteroatoms. The number of aliphatic hydroxyl groups is 1. The number of benzene rings is 4. The summed E-state index contributed by atoms with van der Waals surface area (Å²) in [6.07, 6.45) is -5.45. The zero-order valence-electron chi connectivity index (χ0n) is 27.4. The second-order valence-corrected chi connectivity index (χ2v) is 11.6. The summed E-state index contributed by atoms with van der Waals surface area (Å²) in [5.41, 5.74) is 13.6. The van der Waals surface area contributed by atoms with Crippen LogP contribution in [-0.4, -0.2) is 42.8 Å². The number of nitrogens with one attached hydrogen (secondary N) is 2. The van der Waals surface area contributed by atoms with Gasteiger partial charge in [-0.1, -0.05) is 41.5 Å². The molecule has 0 aromatic heterocycles. The number of aliphatic imine (C=N–C) groups is 1. The zero-order chi connectivity index (χ0) is 36.4. The van der Waals surface area contributed by atoms with Crippen LogP contribution in [-0.2, 0) is 35.2 Å². The molecule has 1 amide bonds. The molecule has 0 unspecified atom stereocenters. The Bertz CT molecular complexity index is 1920. The van der Waals surface area contributed by atoms with Crippen LogP contribution in [0.25, 0.3) is 10.4 Å². The fraction of sp³-hybridized carbons (Fsp3) is 0.278. The lowest BCUT2D eigenvalue weighted by Crippen LogP contribution is -2.53. The average Bonchev–Trinajstić information content (AvgIpc) is 3.51. The van der Waals surface area contributed by atoms with Crippen LogP contribution < -0.4 is 20.3 Å². The van der Waals surface area contributed by atoms with Gasteiger partial charge in [-0.05, 0) is 82.4 Å². The minimum atomic E-state index is -4.77. The number of carbonyl (C=O) groups is 1. The molecule has 266 valence electrons. The highest BCUT2D eigenvalue weighted by molar-refractivity contribution is 6.01. The van der Waals surface area contributed by atoms with E-state index in [-0.39, 0.29) is 37.6 Å². The highest BCUT2D eigenvalue weighted by Gasteiger charge is 2.53. The van der Waals surface area contributed by atoms with Gasteiger partial charge in [0.15, 0.2) is 11.6 Å². The lowest BCUT2D eigenvalue weighted by Gasteiger charge is -2.31. The minimum Gasteiger partial charge on any atom is -0.497 e. The molecule has 2 atom stereocenters. The first-order valence-corrected chi connectivity index (χ1v) is 15.8. The van der Waals surface area contributed by atoms with Crippen LogP contribution in [0.3, 0.4) is 0 Å². The molecule has 0 bridgehead atoms. The molecule has 0 saturated carbocycles. The number of azide groups is 1. The summed E-state index contributed by atoms with van der Waals surface area (Å²) in [7, 11) is 1.49. The van der Waals surface area contributed by atoms with Gasteiger partial charge in [0.1, 0.15) is 17.3 Å². The summed E-state index contributed by atoms with van der Waals surface area (Å²) in [5, 5.41) is 12.8. The van der Waals surface area contributed by atoms with Crippen molar-refractivity contribution in [2.75, 3.05) is 20.3 Å². The number of hydrogen-bond acceptors (Lipinski definition) is 8. The van der Waals surface area contributed by atoms with Gasteiger partial charge >= 0.3 is 6.18 Å². The van der Waals surface area contributed by atoms with Crippen LogP contribution in [0.5, 0.6) is 11.5 Å². The van der Waals surface area contributed by atoms with Crippen LogP contribution in [0.4, 0.5) is 17.6 Å². The number of carbonyl (C=O) groups excluding carboxylic acids is 1. The number of amides is 1. The van der Waals surface area contributed by atoms with Crippen molar-refractivity contribution >= 4 is 11.8 Å². The largest absolute Gasteiger partial charge is 0.497 e. The molecule has 51 heavy (non-hydrogen) atoms. The Hall–Kier alpha value is -5.63. The molecule has 5 rings (SSSR count). The van der Waals surface area contributed by atoms with E-state index in [0.717, 1.165) is 12.1 Å². The molecule has 0 fully saturated rings. The van der Waals surface area contributed by atoms with Crippen molar-refractivity contribution in [3.05, 3.63) is 141 Å². The number of alkyl halides is 3. The van der Waals surface area contributed by atoms with Crippen molar-refractivity contribution in [3.8, 4) is 11.5 Å². The Balaban J connectivity index is 1.57. The van der Waals surface area contributed by atoms with Crippen LogP contribution in [0, 0.1) is 5.82 Å². The summed E-state index contributed by atoms with van der Waals surface area (Å²) in [6.45, 7) is -0.0715. The van der Waals surface area contributed by atoms with E-state index in [9.17, 15) is 22.4 Å². The van der Waals surface area contributed by atoms with E-state index in [0.29, 0.717) is 52.8 Å². The smallest absolute Gasteiger partial charge is 0.416 e. The Morgan fingerprint density at radius 3 is 2.51 bits per heavy atom. The number of hydrazine groups is 1. The summed E-state index contributed by atoms with van der Waals surface area (Å²) < 4.78 is 71.8. The molecule has 0 radical (unpaired) electrons. The molecular weight excluding hydrogens is 672 g/mol. The van der Waals surface area contributed by atoms with Crippen molar-refractivity contribution in [2.45, 2.75) is 43.8 Å². The van der Waals surface area contributed by atoms with E-state index in [1.54, 1.807) is 72.8 Å². The summed E-state index contributed by atoms with van der Waals surface area (Å²) in [6, 6.07) is 22.9. The third-order valence-corrected chi connectivity index (χ3v) is 8.09. The van der Waals surface area contributed by atoms with Crippen molar-refractivity contribution in [2.24, 2.45) is 10.1 Å². The van der Waals surface area contributed by atoms with Crippen molar-refractivity contribution < 1.29 is 41.7 Å². The van der Waals surface area contributed by atoms with E-state index in [2.05, 4.69) is 20.9 Å². The number of rotatable bonds is 15. The summed E-state index contributed by atoms with van der Waals surface area (Å²) in [4.78, 5) is 22.3. The maximum atomic E-state index is 14.5. The van der Waals surface area contributed by atoms with Crippen molar-refractivity contribution in [1.29, 1.82) is 0 Å². The summed E-state index contributed by atoms with van der Waals surface area (Å²) in [5.74, 6) is -0.645. The normalized spacial score (nSPS) is 16.8. The minimum absolute atomic E-state index is 0.0112. The number of ether oxygens (including phenoxy) is 3. The van der Waals surface area contributed by atoms with Crippen LogP contribution in [0.1, 0.15) is 45.9 Å². The van der Waals surface area contributed by atoms with Gasteiger partial charge in [0, 0.05) is 36.5 Å². The molecule has 1 aliphatic heterocycles. The van der Waals surface area contributed by atoms with Gasteiger partial charge in [0.25, 0.3) is 5.91 Å². The third-order valence-electron chi connectivity index (χ3n) is 8.09. The Morgan fingerprint density at radius 2 is 1.80 bits per heavy atom. The lowest BCUT2D eigenvalue weighted by molar-refractivity contribution is -0.138. The second kappa shape index (κ2) is 16.4. The number of halogens is 4. The maximum absolute atomic E-state index is 14.5. The monoisotopic (exact) mass is 706 g/mol. The molecule has 11 nitrogen and oxygen atoms in total. The standard InChI is InChI=1S/C36H34F4N6O5/c1-49-31-9-4-8-25(18-31)32-35(20-26-6-2-3-7-27(26)22-43-46-41,44-33(51-32)24-10-12-30(13-11-24)50-15-5-14-47)34(48)45-42-21-23-16-28(36(38,39)40)19-29(37)17-23/h2-4,6-13,16-19,32,42,47H,5,14-15,20-22H2,1H3,(H,45,48)/t32-,35-/m0/s1. The van der Waals surface area contributed by atoms with Crippen LogP contribution in [0.15, 0.2) is 101 Å². The Kier molecular flexibility index (Phi) is 11.8. The van der Waals surface area contributed by atoms with Gasteiger partial charge < -0.3 is 19.3 Å². The van der Waals surface area contributed by atoms with E-state index in [1.807, 2.05) is 0 Å². The predicted octanol–water partition coefficient (Wildman–Crippen LogP) is 6.75. The predicted molar refractivity (Wildman–Crippen MR) is 179 cm³/mol. The first-order chi connectivity index (χ1) is 24.6. The highest BCUT2D eigenvalue weighted by atomic mass is 19.4. The van der Waals surface area contributed by atoms with Gasteiger partial charge in [0.05, 0.1) is 25.8 Å². The number of hydrogen-bond donors (Lipinski definition) is 3. The van der Waals surface area contributed by atoms with E-state index < -0.39 is 35.1 Å². The molecule has 4 aromatic carbocycles. The van der Waals surface area contributed by atoms with Gasteiger partial charge in [-0.25, -0.2) is 14.8 Å². The SMILES string of the molecule is COc1cccc([C@@H]2OC(c3ccc(OCCCO)cc3)=N[C@]2(Cc2ccccc2CN=[N+]=[N-])C(=O)NNCc2cc(F)cc(C(F)(F)F)c2)c1. The average molecular weight is 707 g/mol. The molecule has 1 heterocycles. The van der Waals surface area contributed by atoms with Gasteiger partial charge in [0.2, 0.25) is 5.90 Å². The van der Waals surface area contributed by atoms with Crippen LogP contribution >= 0.6 is 0 Å². The van der Waals surface area contributed by atoms with Gasteiger partial charge in [-0.15, -0.1) is 0 Å². The van der Waals surface area contributed by atoms with E-state index in [1.165, 1.54) is 7.11 Å². The van der Waals surface area contributed by atoms with Crippen molar-refractivity contribution in [3.63, 3.8) is 0 Å². The Labute approximate surface area is 290 Å². The maximum Gasteiger partial charge on any atom is 0.416 e. The molecule has 0 saturated heterocycles. The fourth-order valence-electron chi connectivity index (χ4n) is 5.62. The summed E-state index contributed by atoms with van der Waals surface area (Å²) >= 11 is 0. The lowest BCUT2D eigenvalue weighted by atomic mass is 9.81. The topological polar surface area (TPSA) is 150 Å². The first-order valence-electron chi connectivity index (χ1n) is 15.8. The van der Waals surface area contributed by atoms with E-state index in [4.69, 9.17) is 29.8 Å². The van der Waals surface area contributed by atoms with Gasteiger partial charge in [-0.3, -0.25) is 10.2 Å². The quantitative estimate of drug-likeness (QED) is 0.0311. The highest BCUT2D eigenvalue weighted by Crippen LogP contribution is 2.43. The number of methoxy groups -OCH3 is 1. The number of nitrogens with zero attached hydrogens (tertiary/aromatic N) is 4. The first kappa shape index (κ1) is 36.6. The van der Waals surface area contributed by atoms with Gasteiger partial charge in [-0.2, -0.15) is 13.2 Å². The van der Waals surface area contributed by atoms with Crippen molar-refractivity contribution in [1.82, 2.24) is 10.9 Å². The fourth-order valence-corrected chi connectivity index (χ4v) is 5.62. The Morgan fingerprint density at radius 1 is 1.04 bits per heavy atom. The molecule has 4 aromatic rings. The zero-order valence-corrected chi connectivity index (χ0v) is 27.4. The molecule has 3 N–H and O–H groups in total. The second-order valence-electron chi connectivity index (χ2n) is 11.6. The van der Waals surface area contributed by atoms with E-state index >= 15 is 0 Å². The molecular formula is C36H34F4N6O5. The molecule has 1 aliphatic rings. The number of aliphatic hydroxyl groups excluding tert-OH is 1. The third kappa shape index (κ3) is 8.94. The van der Waals surface area contributed by atoms with Crippen LogP contribution in [0.2, 0.25) is 0 Å². The molecule has 0 spiro atoms.